The highest BCUT2D eigenvalue weighted by atomic mass is 19.1. The van der Waals surface area contributed by atoms with Crippen molar-refractivity contribution < 1.29 is 13.9 Å². The molecule has 2 aromatic carbocycles. The van der Waals surface area contributed by atoms with Crippen molar-refractivity contribution in [3.63, 3.8) is 0 Å². The lowest BCUT2D eigenvalue weighted by Gasteiger charge is -2.14. The molecule has 0 bridgehead atoms. The topological polar surface area (TPSA) is 42.1 Å². The lowest BCUT2D eigenvalue weighted by Crippen LogP contribution is -2.07. The van der Waals surface area contributed by atoms with Crippen molar-refractivity contribution >= 4 is 5.97 Å². The molecule has 3 rings (SSSR count). The summed E-state index contributed by atoms with van der Waals surface area (Å²) < 4.78 is 18.8. The van der Waals surface area contributed by atoms with E-state index in [9.17, 15) is 9.18 Å². The first kappa shape index (κ1) is 19.6. The number of carbonyl (C=O) groups is 1. The Labute approximate surface area is 164 Å². The maximum absolute atomic E-state index is 13.5. The molecular formula is C24H24FNO2. The normalized spacial score (nSPS) is 11.9. The van der Waals surface area contributed by atoms with Gasteiger partial charge in [0.1, 0.15) is 5.82 Å². The van der Waals surface area contributed by atoms with Crippen molar-refractivity contribution in [3.05, 3.63) is 83.8 Å². The SMILES string of the molecule is C=C(C)C(C)c1[nH]c(-c2ccc(F)cc2)c(C(=O)OCC)c1-c1ccccc1. The maximum atomic E-state index is 13.5. The van der Waals surface area contributed by atoms with E-state index in [-0.39, 0.29) is 18.3 Å². The van der Waals surface area contributed by atoms with Gasteiger partial charge in [-0.3, -0.25) is 0 Å². The van der Waals surface area contributed by atoms with Crippen LogP contribution in [0.1, 0.15) is 42.7 Å². The molecule has 0 radical (unpaired) electrons. The van der Waals surface area contributed by atoms with Crippen LogP contribution in [0.3, 0.4) is 0 Å². The summed E-state index contributed by atoms with van der Waals surface area (Å²) in [6, 6.07) is 15.8. The molecule has 1 atom stereocenters. The molecule has 0 aliphatic carbocycles. The number of rotatable bonds is 6. The van der Waals surface area contributed by atoms with Gasteiger partial charge in [-0.05, 0) is 49.2 Å². The summed E-state index contributed by atoms with van der Waals surface area (Å²) in [5.74, 6) is -0.735. The van der Waals surface area contributed by atoms with E-state index in [0.29, 0.717) is 11.3 Å². The number of allylic oxidation sites excluding steroid dienone is 1. The number of hydrogen-bond acceptors (Lipinski definition) is 2. The first-order valence-electron chi connectivity index (χ1n) is 9.33. The van der Waals surface area contributed by atoms with Crippen LogP contribution in [0.5, 0.6) is 0 Å². The van der Waals surface area contributed by atoms with Gasteiger partial charge in [0.25, 0.3) is 0 Å². The molecule has 3 aromatic rings. The second-order valence-corrected chi connectivity index (χ2v) is 6.83. The lowest BCUT2D eigenvalue weighted by molar-refractivity contribution is 0.0528. The van der Waals surface area contributed by atoms with E-state index in [1.165, 1.54) is 12.1 Å². The Morgan fingerprint density at radius 1 is 1.11 bits per heavy atom. The molecule has 0 aliphatic rings. The van der Waals surface area contributed by atoms with Crippen LogP contribution in [0.4, 0.5) is 4.39 Å². The van der Waals surface area contributed by atoms with Crippen molar-refractivity contribution in [1.29, 1.82) is 0 Å². The van der Waals surface area contributed by atoms with Crippen LogP contribution in [0.15, 0.2) is 66.7 Å². The van der Waals surface area contributed by atoms with Gasteiger partial charge in [-0.25, -0.2) is 9.18 Å². The number of H-pyrrole nitrogens is 1. The van der Waals surface area contributed by atoms with E-state index in [1.807, 2.05) is 44.2 Å². The number of aromatic nitrogens is 1. The van der Waals surface area contributed by atoms with Crippen LogP contribution < -0.4 is 0 Å². The van der Waals surface area contributed by atoms with E-state index in [4.69, 9.17) is 4.74 Å². The van der Waals surface area contributed by atoms with Gasteiger partial charge < -0.3 is 9.72 Å². The number of carbonyl (C=O) groups excluding carboxylic acids is 1. The molecule has 0 amide bonds. The zero-order valence-corrected chi connectivity index (χ0v) is 16.4. The molecule has 0 saturated heterocycles. The predicted molar refractivity (Wildman–Crippen MR) is 111 cm³/mol. The molecule has 0 fully saturated rings. The van der Waals surface area contributed by atoms with Crippen molar-refractivity contribution in [3.8, 4) is 22.4 Å². The predicted octanol–water partition coefficient (Wildman–Crippen LogP) is 6.34. The first-order chi connectivity index (χ1) is 13.4. The Kier molecular flexibility index (Phi) is 5.78. The Morgan fingerprint density at radius 2 is 1.75 bits per heavy atom. The number of hydrogen-bond donors (Lipinski definition) is 1. The molecule has 144 valence electrons. The first-order valence-corrected chi connectivity index (χ1v) is 9.33. The fraction of sp³-hybridized carbons (Fsp3) is 0.208. The summed E-state index contributed by atoms with van der Waals surface area (Å²) in [6.45, 7) is 10.1. The average Bonchev–Trinajstić information content (AvgIpc) is 3.09. The number of ether oxygens (including phenoxy) is 1. The zero-order valence-electron chi connectivity index (χ0n) is 16.4. The number of benzene rings is 2. The average molecular weight is 377 g/mol. The van der Waals surface area contributed by atoms with Gasteiger partial charge in [0.2, 0.25) is 0 Å². The van der Waals surface area contributed by atoms with Crippen molar-refractivity contribution in [2.45, 2.75) is 26.7 Å². The molecule has 0 spiro atoms. The van der Waals surface area contributed by atoms with Gasteiger partial charge >= 0.3 is 5.97 Å². The van der Waals surface area contributed by atoms with Crippen LogP contribution in [-0.4, -0.2) is 17.6 Å². The molecule has 1 aromatic heterocycles. The van der Waals surface area contributed by atoms with E-state index < -0.39 is 5.97 Å². The van der Waals surface area contributed by atoms with Gasteiger partial charge in [-0.2, -0.15) is 0 Å². The summed E-state index contributed by atoms with van der Waals surface area (Å²) in [5.41, 5.74) is 5.39. The molecular weight excluding hydrogens is 353 g/mol. The van der Waals surface area contributed by atoms with Crippen LogP contribution >= 0.6 is 0 Å². The second-order valence-electron chi connectivity index (χ2n) is 6.83. The van der Waals surface area contributed by atoms with E-state index in [0.717, 1.165) is 28.0 Å². The number of nitrogens with one attached hydrogen (secondary N) is 1. The molecule has 28 heavy (non-hydrogen) atoms. The smallest absolute Gasteiger partial charge is 0.340 e. The number of halogens is 1. The van der Waals surface area contributed by atoms with Crippen LogP contribution in [0.25, 0.3) is 22.4 Å². The van der Waals surface area contributed by atoms with E-state index in [1.54, 1.807) is 19.1 Å². The number of esters is 1. The third-order valence-corrected chi connectivity index (χ3v) is 4.88. The molecule has 1 N–H and O–H groups in total. The van der Waals surface area contributed by atoms with Gasteiger partial charge in [-0.15, -0.1) is 0 Å². The van der Waals surface area contributed by atoms with Gasteiger partial charge in [0.15, 0.2) is 0 Å². The quantitative estimate of drug-likeness (QED) is 0.402. The highest BCUT2D eigenvalue weighted by Gasteiger charge is 2.28. The van der Waals surface area contributed by atoms with Gasteiger partial charge in [-0.1, -0.05) is 49.4 Å². The van der Waals surface area contributed by atoms with Gasteiger partial charge in [0.05, 0.1) is 17.9 Å². The number of aromatic amines is 1. The Balaban J connectivity index is 2.34. The van der Waals surface area contributed by atoms with Crippen LogP contribution in [0.2, 0.25) is 0 Å². The summed E-state index contributed by atoms with van der Waals surface area (Å²) in [6.07, 6.45) is 0. The van der Waals surface area contributed by atoms with E-state index in [2.05, 4.69) is 11.6 Å². The van der Waals surface area contributed by atoms with Crippen molar-refractivity contribution in [2.75, 3.05) is 6.61 Å². The van der Waals surface area contributed by atoms with Crippen molar-refractivity contribution in [1.82, 2.24) is 4.98 Å². The summed E-state index contributed by atoms with van der Waals surface area (Å²) in [4.78, 5) is 16.4. The third-order valence-electron chi connectivity index (χ3n) is 4.88. The van der Waals surface area contributed by atoms with Crippen LogP contribution in [-0.2, 0) is 4.74 Å². The van der Waals surface area contributed by atoms with Gasteiger partial charge in [0, 0.05) is 17.2 Å². The fourth-order valence-corrected chi connectivity index (χ4v) is 3.24. The largest absolute Gasteiger partial charge is 0.462 e. The fourth-order valence-electron chi connectivity index (χ4n) is 3.24. The highest BCUT2D eigenvalue weighted by molar-refractivity contribution is 6.04. The standard InChI is InChI=1S/C24H24FNO2/c1-5-28-24(27)21-20(17-9-7-6-8-10-17)22(16(4)15(2)3)26-23(21)18-11-13-19(25)14-12-18/h6-14,16,26H,2,5H2,1,3-4H3. The Hall–Kier alpha value is -3.14. The molecule has 0 saturated carbocycles. The zero-order chi connectivity index (χ0) is 20.3. The summed E-state index contributed by atoms with van der Waals surface area (Å²) in [5, 5.41) is 0. The molecule has 1 unspecified atom stereocenters. The van der Waals surface area contributed by atoms with Crippen LogP contribution in [0, 0.1) is 5.82 Å². The summed E-state index contributed by atoms with van der Waals surface area (Å²) in [7, 11) is 0. The van der Waals surface area contributed by atoms with Crippen molar-refractivity contribution in [2.24, 2.45) is 0 Å². The lowest BCUT2D eigenvalue weighted by atomic mass is 9.91. The van der Waals surface area contributed by atoms with E-state index >= 15 is 0 Å². The maximum Gasteiger partial charge on any atom is 0.340 e. The minimum Gasteiger partial charge on any atom is -0.462 e. The molecule has 0 aliphatic heterocycles. The third kappa shape index (κ3) is 3.77. The Bertz CT molecular complexity index is 987. The molecule has 4 heteroatoms. The Morgan fingerprint density at radius 3 is 2.32 bits per heavy atom. The second kappa shape index (κ2) is 8.26. The monoisotopic (exact) mass is 377 g/mol. The minimum absolute atomic E-state index is 0.00224. The molecule has 1 heterocycles. The molecule has 3 nitrogen and oxygen atoms in total. The minimum atomic E-state index is -0.405. The summed E-state index contributed by atoms with van der Waals surface area (Å²) >= 11 is 0. The highest BCUT2D eigenvalue weighted by Crippen LogP contribution is 2.40.